The number of nitrogens with two attached hydrogens (primary N) is 1. The predicted molar refractivity (Wildman–Crippen MR) is 73.6 cm³/mol. The molecule has 0 aliphatic rings. The summed E-state index contributed by atoms with van der Waals surface area (Å²) in [5.74, 6) is -0.181. The third-order valence-corrected chi connectivity index (χ3v) is 5.60. The molecule has 0 atom stereocenters. The van der Waals surface area contributed by atoms with Crippen molar-refractivity contribution < 1.29 is 8.42 Å². The van der Waals surface area contributed by atoms with Crippen molar-refractivity contribution >= 4 is 38.5 Å². The van der Waals surface area contributed by atoms with Gasteiger partial charge in [-0.15, -0.1) is 11.3 Å². The van der Waals surface area contributed by atoms with E-state index in [1.54, 1.807) is 11.4 Å². The van der Waals surface area contributed by atoms with Crippen molar-refractivity contribution in [3.8, 4) is 0 Å². The zero-order valence-corrected chi connectivity index (χ0v) is 11.9. The SMILES string of the molecule is Cc1csc(CS(=O)(=O)c2c(N)cccc2Cl)n1. The van der Waals surface area contributed by atoms with Gasteiger partial charge < -0.3 is 5.73 Å². The van der Waals surface area contributed by atoms with Gasteiger partial charge in [0.05, 0.1) is 10.7 Å². The highest BCUT2D eigenvalue weighted by Crippen LogP contribution is 2.30. The maximum absolute atomic E-state index is 12.3. The quantitative estimate of drug-likeness (QED) is 0.885. The molecule has 0 fully saturated rings. The van der Waals surface area contributed by atoms with Gasteiger partial charge in [0, 0.05) is 11.1 Å². The van der Waals surface area contributed by atoms with E-state index in [0.29, 0.717) is 5.01 Å². The molecular formula is C11H11ClN2O2S2. The Kier molecular flexibility index (Phi) is 3.61. The third-order valence-electron chi connectivity index (χ3n) is 2.29. The molecule has 0 saturated heterocycles. The molecule has 2 N–H and O–H groups in total. The van der Waals surface area contributed by atoms with E-state index in [-0.39, 0.29) is 21.4 Å². The maximum Gasteiger partial charge on any atom is 0.188 e. The number of aryl methyl sites for hydroxylation is 1. The van der Waals surface area contributed by atoms with E-state index in [4.69, 9.17) is 17.3 Å². The second-order valence-electron chi connectivity index (χ2n) is 3.80. The van der Waals surface area contributed by atoms with E-state index in [9.17, 15) is 8.42 Å². The number of sulfone groups is 1. The number of aromatic nitrogens is 1. The minimum Gasteiger partial charge on any atom is -0.398 e. The van der Waals surface area contributed by atoms with Crippen molar-refractivity contribution in [3.05, 3.63) is 39.3 Å². The molecule has 0 aliphatic heterocycles. The van der Waals surface area contributed by atoms with Crippen LogP contribution >= 0.6 is 22.9 Å². The predicted octanol–water partition coefficient (Wildman–Crippen LogP) is 2.66. The fourth-order valence-electron chi connectivity index (χ4n) is 1.56. The molecule has 0 radical (unpaired) electrons. The Morgan fingerprint density at radius 3 is 2.72 bits per heavy atom. The highest BCUT2D eigenvalue weighted by atomic mass is 35.5. The van der Waals surface area contributed by atoms with Crippen molar-refractivity contribution in [2.75, 3.05) is 5.73 Å². The lowest BCUT2D eigenvalue weighted by molar-refractivity contribution is 0.595. The fourth-order valence-corrected chi connectivity index (χ4v) is 4.71. The van der Waals surface area contributed by atoms with Crippen LogP contribution in [0.5, 0.6) is 0 Å². The van der Waals surface area contributed by atoms with Crippen LogP contribution in [0.4, 0.5) is 5.69 Å². The first-order chi connectivity index (χ1) is 8.40. The largest absolute Gasteiger partial charge is 0.398 e. The summed E-state index contributed by atoms with van der Waals surface area (Å²) < 4.78 is 24.5. The lowest BCUT2D eigenvalue weighted by Gasteiger charge is -2.07. The number of rotatable bonds is 3. The standard InChI is InChI=1S/C11H11ClN2O2S2/c1-7-5-17-10(14-7)6-18(15,16)11-8(12)3-2-4-9(11)13/h2-5H,6,13H2,1H3. The lowest BCUT2D eigenvalue weighted by Crippen LogP contribution is -2.08. The van der Waals surface area contributed by atoms with Gasteiger partial charge in [-0.25, -0.2) is 13.4 Å². The van der Waals surface area contributed by atoms with Crippen LogP contribution in [-0.2, 0) is 15.6 Å². The fraction of sp³-hybridized carbons (Fsp3) is 0.182. The minimum atomic E-state index is -3.57. The summed E-state index contributed by atoms with van der Waals surface area (Å²) in [6.45, 7) is 1.82. The Labute approximate surface area is 114 Å². The molecule has 0 aliphatic carbocycles. The van der Waals surface area contributed by atoms with E-state index in [1.165, 1.54) is 23.5 Å². The first kappa shape index (κ1) is 13.3. The Bertz CT molecular complexity index is 660. The minimum absolute atomic E-state index is 0.0143. The number of halogens is 1. The highest BCUT2D eigenvalue weighted by Gasteiger charge is 2.22. The van der Waals surface area contributed by atoms with Crippen LogP contribution in [0.3, 0.4) is 0 Å². The summed E-state index contributed by atoms with van der Waals surface area (Å²) in [7, 11) is -3.57. The van der Waals surface area contributed by atoms with Crippen molar-refractivity contribution in [2.24, 2.45) is 0 Å². The second kappa shape index (κ2) is 4.87. The zero-order chi connectivity index (χ0) is 13.3. The Morgan fingerprint density at radius 1 is 1.44 bits per heavy atom. The van der Waals surface area contributed by atoms with Gasteiger partial charge in [-0.1, -0.05) is 17.7 Å². The Balaban J connectivity index is 2.43. The van der Waals surface area contributed by atoms with Crippen molar-refractivity contribution in [1.29, 1.82) is 0 Å². The number of thiazole rings is 1. The second-order valence-corrected chi connectivity index (χ2v) is 7.08. The average molecular weight is 303 g/mol. The summed E-state index contributed by atoms with van der Waals surface area (Å²) in [6.07, 6.45) is 0. The Morgan fingerprint density at radius 2 is 2.17 bits per heavy atom. The molecule has 2 rings (SSSR count). The highest BCUT2D eigenvalue weighted by molar-refractivity contribution is 7.91. The van der Waals surface area contributed by atoms with Crippen molar-refractivity contribution in [2.45, 2.75) is 17.6 Å². The molecule has 1 heterocycles. The lowest BCUT2D eigenvalue weighted by atomic mass is 10.3. The number of nitrogens with zero attached hydrogens (tertiary/aromatic N) is 1. The maximum atomic E-state index is 12.3. The van der Waals surface area contributed by atoms with Crippen LogP contribution in [0.15, 0.2) is 28.5 Å². The molecule has 18 heavy (non-hydrogen) atoms. The normalized spacial score (nSPS) is 11.7. The smallest absolute Gasteiger partial charge is 0.188 e. The van der Waals surface area contributed by atoms with Gasteiger partial charge >= 0.3 is 0 Å². The van der Waals surface area contributed by atoms with Crippen LogP contribution < -0.4 is 5.73 Å². The first-order valence-electron chi connectivity index (χ1n) is 5.08. The van der Waals surface area contributed by atoms with Gasteiger partial charge in [-0.2, -0.15) is 0 Å². The molecule has 7 heteroatoms. The summed E-state index contributed by atoms with van der Waals surface area (Å²) in [5.41, 5.74) is 6.65. The molecule has 4 nitrogen and oxygen atoms in total. The van der Waals surface area contributed by atoms with Crippen LogP contribution in [0.25, 0.3) is 0 Å². The molecule has 1 aromatic carbocycles. The Hall–Kier alpha value is -1.11. The molecule has 2 aromatic rings. The first-order valence-corrected chi connectivity index (χ1v) is 7.99. The van der Waals surface area contributed by atoms with Gasteiger partial charge in [-0.05, 0) is 19.1 Å². The summed E-state index contributed by atoms with van der Waals surface area (Å²) >= 11 is 7.22. The third kappa shape index (κ3) is 2.66. The molecule has 0 spiro atoms. The van der Waals surface area contributed by atoms with Gasteiger partial charge in [0.2, 0.25) is 0 Å². The molecule has 1 aromatic heterocycles. The summed E-state index contributed by atoms with van der Waals surface area (Å²) in [4.78, 5) is 4.12. The molecule has 0 bridgehead atoms. The van der Waals surface area contributed by atoms with Crippen LogP contribution in [0.2, 0.25) is 5.02 Å². The number of benzene rings is 1. The van der Waals surface area contributed by atoms with Crippen LogP contribution in [-0.4, -0.2) is 13.4 Å². The topological polar surface area (TPSA) is 73.0 Å². The summed E-state index contributed by atoms with van der Waals surface area (Å²) in [6, 6.07) is 4.65. The van der Waals surface area contributed by atoms with E-state index < -0.39 is 9.84 Å². The van der Waals surface area contributed by atoms with Crippen LogP contribution in [0.1, 0.15) is 10.7 Å². The van der Waals surface area contributed by atoms with Gasteiger partial charge in [0.25, 0.3) is 0 Å². The van der Waals surface area contributed by atoms with Crippen molar-refractivity contribution in [1.82, 2.24) is 4.98 Å². The monoisotopic (exact) mass is 302 g/mol. The number of hydrogen-bond donors (Lipinski definition) is 1. The summed E-state index contributed by atoms with van der Waals surface area (Å²) in [5, 5.41) is 2.48. The number of hydrogen-bond acceptors (Lipinski definition) is 5. The van der Waals surface area contributed by atoms with E-state index >= 15 is 0 Å². The van der Waals surface area contributed by atoms with E-state index in [0.717, 1.165) is 5.69 Å². The van der Waals surface area contributed by atoms with E-state index in [2.05, 4.69) is 4.98 Å². The van der Waals surface area contributed by atoms with Gasteiger partial charge in [0.1, 0.15) is 15.7 Å². The molecule has 96 valence electrons. The van der Waals surface area contributed by atoms with Gasteiger partial charge in [0.15, 0.2) is 9.84 Å². The van der Waals surface area contributed by atoms with Gasteiger partial charge in [-0.3, -0.25) is 0 Å². The molecule has 0 saturated carbocycles. The zero-order valence-electron chi connectivity index (χ0n) is 9.55. The molecule has 0 unspecified atom stereocenters. The van der Waals surface area contributed by atoms with E-state index in [1.807, 2.05) is 6.92 Å². The molecule has 0 amide bonds. The number of nitrogen functional groups attached to an aromatic ring is 1. The average Bonchev–Trinajstić information content (AvgIpc) is 2.62. The van der Waals surface area contributed by atoms with Crippen molar-refractivity contribution in [3.63, 3.8) is 0 Å². The molecular weight excluding hydrogens is 292 g/mol. The number of anilines is 1. The van der Waals surface area contributed by atoms with Crippen LogP contribution in [0, 0.1) is 6.92 Å².